The molecule has 0 spiro atoms. The van der Waals surface area contributed by atoms with Crippen molar-refractivity contribution in [2.24, 2.45) is 5.92 Å². The average Bonchev–Trinajstić information content (AvgIpc) is 2.82. The standard InChI is InChI=1S/C27H28N4O2/c1-4-33-26-15-25-23(14-24(26)29-18(2)32)27(21(16-28)17-31(25)3)30-22-12-8-11-20(13-22)19-9-6-5-7-10-19/h5-15,21,27,30H,4,17H2,1-3H3,(H,29,32). The van der Waals surface area contributed by atoms with Crippen LogP contribution in [0.4, 0.5) is 17.1 Å². The maximum Gasteiger partial charge on any atom is 0.221 e. The lowest BCUT2D eigenvalue weighted by Gasteiger charge is -2.38. The van der Waals surface area contributed by atoms with Crippen LogP contribution in [-0.4, -0.2) is 26.1 Å². The van der Waals surface area contributed by atoms with Crippen molar-refractivity contribution in [3.63, 3.8) is 0 Å². The average molecular weight is 441 g/mol. The van der Waals surface area contributed by atoms with Crippen molar-refractivity contribution in [1.82, 2.24) is 0 Å². The molecule has 2 atom stereocenters. The second-order valence-electron chi connectivity index (χ2n) is 8.21. The van der Waals surface area contributed by atoms with Crippen LogP contribution in [0.1, 0.15) is 25.5 Å². The fourth-order valence-electron chi connectivity index (χ4n) is 4.34. The first-order valence-electron chi connectivity index (χ1n) is 11.1. The largest absolute Gasteiger partial charge is 0.492 e. The predicted molar refractivity (Wildman–Crippen MR) is 133 cm³/mol. The molecule has 168 valence electrons. The molecule has 4 rings (SSSR count). The van der Waals surface area contributed by atoms with Gasteiger partial charge in [-0.05, 0) is 36.2 Å². The fourth-order valence-corrected chi connectivity index (χ4v) is 4.34. The number of amides is 1. The summed E-state index contributed by atoms with van der Waals surface area (Å²) < 4.78 is 5.80. The van der Waals surface area contributed by atoms with Gasteiger partial charge in [0.05, 0.1) is 30.3 Å². The third kappa shape index (κ3) is 4.78. The maximum absolute atomic E-state index is 11.8. The Kier molecular flexibility index (Phi) is 6.50. The Bertz CT molecular complexity index is 1190. The van der Waals surface area contributed by atoms with E-state index in [2.05, 4.69) is 45.9 Å². The molecule has 1 amide bonds. The Hall–Kier alpha value is -3.98. The summed E-state index contributed by atoms with van der Waals surface area (Å²) in [6.07, 6.45) is 0. The summed E-state index contributed by atoms with van der Waals surface area (Å²) in [5.74, 6) is 0.182. The van der Waals surface area contributed by atoms with Gasteiger partial charge in [-0.1, -0.05) is 42.5 Å². The Balaban J connectivity index is 1.75. The number of hydrogen-bond acceptors (Lipinski definition) is 5. The number of anilines is 3. The van der Waals surface area contributed by atoms with Crippen molar-refractivity contribution in [3.05, 3.63) is 72.3 Å². The van der Waals surface area contributed by atoms with Crippen LogP contribution >= 0.6 is 0 Å². The molecule has 6 nitrogen and oxygen atoms in total. The van der Waals surface area contributed by atoms with Gasteiger partial charge in [-0.15, -0.1) is 0 Å². The highest BCUT2D eigenvalue weighted by atomic mass is 16.5. The summed E-state index contributed by atoms with van der Waals surface area (Å²) in [6.45, 7) is 4.47. The van der Waals surface area contributed by atoms with E-state index in [9.17, 15) is 10.1 Å². The molecule has 0 radical (unpaired) electrons. The molecule has 0 fully saturated rings. The molecular weight excluding hydrogens is 412 g/mol. The summed E-state index contributed by atoms with van der Waals surface area (Å²) in [5, 5.41) is 16.4. The van der Waals surface area contributed by atoms with Crippen molar-refractivity contribution in [3.8, 4) is 22.9 Å². The maximum atomic E-state index is 11.8. The lowest BCUT2D eigenvalue weighted by molar-refractivity contribution is -0.114. The van der Waals surface area contributed by atoms with Crippen molar-refractivity contribution < 1.29 is 9.53 Å². The van der Waals surface area contributed by atoms with E-state index in [0.717, 1.165) is 28.1 Å². The number of hydrogen-bond donors (Lipinski definition) is 2. The van der Waals surface area contributed by atoms with E-state index in [-0.39, 0.29) is 17.9 Å². The number of nitrogens with zero attached hydrogens (tertiary/aromatic N) is 2. The monoisotopic (exact) mass is 440 g/mol. The van der Waals surface area contributed by atoms with Gasteiger partial charge in [-0.2, -0.15) is 5.26 Å². The predicted octanol–water partition coefficient (Wildman–Crippen LogP) is 5.45. The van der Waals surface area contributed by atoms with E-state index in [0.29, 0.717) is 24.6 Å². The van der Waals surface area contributed by atoms with E-state index in [1.165, 1.54) is 6.92 Å². The molecule has 0 bridgehead atoms. The number of fused-ring (bicyclic) bond motifs is 1. The minimum atomic E-state index is -0.272. The van der Waals surface area contributed by atoms with Crippen LogP contribution in [-0.2, 0) is 4.79 Å². The molecule has 3 aromatic rings. The molecule has 33 heavy (non-hydrogen) atoms. The molecule has 1 aliphatic heterocycles. The van der Waals surface area contributed by atoms with Gasteiger partial charge >= 0.3 is 0 Å². The highest BCUT2D eigenvalue weighted by Gasteiger charge is 2.34. The van der Waals surface area contributed by atoms with Gasteiger partial charge in [-0.25, -0.2) is 0 Å². The second kappa shape index (κ2) is 9.66. The van der Waals surface area contributed by atoms with Crippen LogP contribution in [0.2, 0.25) is 0 Å². The minimum absolute atomic E-state index is 0.169. The van der Waals surface area contributed by atoms with E-state index >= 15 is 0 Å². The lowest BCUT2D eigenvalue weighted by Crippen LogP contribution is -2.37. The first kappa shape index (κ1) is 22.2. The number of carbonyl (C=O) groups is 1. The highest BCUT2D eigenvalue weighted by Crippen LogP contribution is 2.43. The fraction of sp³-hybridized carbons (Fsp3) is 0.259. The molecule has 0 saturated heterocycles. The lowest BCUT2D eigenvalue weighted by atomic mass is 9.87. The Morgan fingerprint density at radius 2 is 1.88 bits per heavy atom. The number of nitriles is 1. The highest BCUT2D eigenvalue weighted by molar-refractivity contribution is 5.91. The van der Waals surface area contributed by atoms with Crippen LogP contribution in [0, 0.1) is 17.2 Å². The van der Waals surface area contributed by atoms with E-state index < -0.39 is 0 Å². The third-order valence-electron chi connectivity index (χ3n) is 5.82. The topological polar surface area (TPSA) is 77.4 Å². The molecule has 3 aromatic carbocycles. The van der Waals surface area contributed by atoms with Crippen LogP contribution < -0.4 is 20.3 Å². The normalized spacial score (nSPS) is 17.0. The first-order valence-corrected chi connectivity index (χ1v) is 11.1. The molecule has 1 aliphatic rings. The number of benzene rings is 3. The van der Waals surface area contributed by atoms with Gasteiger partial charge in [0.25, 0.3) is 0 Å². The van der Waals surface area contributed by atoms with Gasteiger partial charge in [0.1, 0.15) is 5.75 Å². The van der Waals surface area contributed by atoms with Gasteiger partial charge in [0.15, 0.2) is 0 Å². The molecule has 0 saturated carbocycles. The zero-order valence-electron chi connectivity index (χ0n) is 19.1. The van der Waals surface area contributed by atoms with E-state index in [1.54, 1.807) is 0 Å². The molecule has 0 aliphatic carbocycles. The minimum Gasteiger partial charge on any atom is -0.492 e. The van der Waals surface area contributed by atoms with Crippen molar-refractivity contribution in [1.29, 1.82) is 5.26 Å². The zero-order valence-corrected chi connectivity index (χ0v) is 19.1. The van der Waals surface area contributed by atoms with Crippen molar-refractivity contribution in [2.45, 2.75) is 19.9 Å². The molecular formula is C27H28N4O2. The van der Waals surface area contributed by atoms with E-state index in [4.69, 9.17) is 4.74 Å². The quantitative estimate of drug-likeness (QED) is 0.533. The summed E-state index contributed by atoms with van der Waals surface area (Å²) >= 11 is 0. The molecule has 1 heterocycles. The smallest absolute Gasteiger partial charge is 0.221 e. The van der Waals surface area contributed by atoms with Gasteiger partial charge in [-0.3, -0.25) is 4.79 Å². The van der Waals surface area contributed by atoms with Gasteiger partial charge in [0.2, 0.25) is 5.91 Å². The van der Waals surface area contributed by atoms with Crippen LogP contribution in [0.25, 0.3) is 11.1 Å². The van der Waals surface area contributed by atoms with Crippen LogP contribution in [0.3, 0.4) is 0 Å². The summed E-state index contributed by atoms with van der Waals surface area (Å²) in [5.41, 5.74) is 5.72. The van der Waals surface area contributed by atoms with Crippen molar-refractivity contribution in [2.75, 3.05) is 35.7 Å². The zero-order chi connectivity index (χ0) is 23.4. The number of carbonyl (C=O) groups excluding carboxylic acids is 1. The number of ether oxygens (including phenoxy) is 1. The third-order valence-corrected chi connectivity index (χ3v) is 5.82. The first-order chi connectivity index (χ1) is 16.0. The Morgan fingerprint density at radius 1 is 1.12 bits per heavy atom. The number of nitrogens with one attached hydrogen (secondary N) is 2. The van der Waals surface area contributed by atoms with Crippen LogP contribution in [0.5, 0.6) is 5.75 Å². The van der Waals surface area contributed by atoms with Crippen molar-refractivity contribution >= 4 is 23.0 Å². The number of rotatable bonds is 6. The summed E-state index contributed by atoms with van der Waals surface area (Å²) in [7, 11) is 1.98. The molecule has 2 N–H and O–H groups in total. The molecule has 2 unspecified atom stereocenters. The molecule has 0 aromatic heterocycles. The van der Waals surface area contributed by atoms with E-state index in [1.807, 2.05) is 56.4 Å². The Labute approximate surface area is 194 Å². The molecule has 6 heteroatoms. The second-order valence-corrected chi connectivity index (χ2v) is 8.21. The van der Waals surface area contributed by atoms with Crippen LogP contribution in [0.15, 0.2) is 66.7 Å². The van der Waals surface area contributed by atoms with Gasteiger partial charge in [0, 0.05) is 43.5 Å². The van der Waals surface area contributed by atoms with Gasteiger partial charge < -0.3 is 20.3 Å². The summed E-state index contributed by atoms with van der Waals surface area (Å²) in [6, 6.07) is 24.5. The Morgan fingerprint density at radius 3 is 2.58 bits per heavy atom. The summed E-state index contributed by atoms with van der Waals surface area (Å²) in [4.78, 5) is 13.9. The SMILES string of the molecule is CCOc1cc2c(cc1NC(C)=O)C(Nc1cccc(-c3ccccc3)c1)C(C#N)CN2C.